The summed E-state index contributed by atoms with van der Waals surface area (Å²) in [7, 11) is 1.21. The first-order valence-electron chi connectivity index (χ1n) is 9.87. The Labute approximate surface area is 183 Å². The molecule has 7 nitrogen and oxygen atoms in total. The topological polar surface area (TPSA) is 84.2 Å². The molecular formula is C25H20O7. The maximum absolute atomic E-state index is 12.0. The van der Waals surface area contributed by atoms with Crippen LogP contribution >= 0.6 is 0 Å². The second kappa shape index (κ2) is 9.70. The van der Waals surface area contributed by atoms with E-state index in [1.165, 1.54) is 13.2 Å². The second-order valence-electron chi connectivity index (χ2n) is 6.72. The number of methoxy groups -OCH3 is 1. The third-order valence-electron chi connectivity index (χ3n) is 4.54. The molecule has 0 aliphatic rings. The molecule has 0 saturated heterocycles. The summed E-state index contributed by atoms with van der Waals surface area (Å²) in [5.74, 6) is 1.95. The van der Waals surface area contributed by atoms with Gasteiger partial charge in [-0.2, -0.15) is 0 Å². The van der Waals surface area contributed by atoms with E-state index < -0.39 is 11.6 Å². The molecule has 162 valence electrons. The first-order valence-corrected chi connectivity index (χ1v) is 9.87. The Morgan fingerprint density at radius 2 is 1.41 bits per heavy atom. The molecule has 0 saturated carbocycles. The minimum Gasteiger partial charge on any atom is -0.490 e. The summed E-state index contributed by atoms with van der Waals surface area (Å²) >= 11 is 0. The highest BCUT2D eigenvalue weighted by Gasteiger charge is 2.14. The molecule has 0 fully saturated rings. The molecular weight excluding hydrogens is 412 g/mol. The highest BCUT2D eigenvalue weighted by atomic mass is 16.5. The normalized spacial score (nSPS) is 10.5. The van der Waals surface area contributed by atoms with Gasteiger partial charge in [-0.1, -0.05) is 18.2 Å². The van der Waals surface area contributed by atoms with Crippen LogP contribution in [0.2, 0.25) is 0 Å². The number of esters is 1. The van der Waals surface area contributed by atoms with Crippen LogP contribution in [-0.2, 0) is 4.74 Å². The fraction of sp³-hybridized carbons (Fsp3) is 0.120. The van der Waals surface area contributed by atoms with Crippen molar-refractivity contribution in [3.63, 3.8) is 0 Å². The molecule has 3 aromatic carbocycles. The van der Waals surface area contributed by atoms with Crippen molar-refractivity contribution in [2.75, 3.05) is 20.3 Å². The molecule has 1 aromatic heterocycles. The molecule has 4 rings (SSSR count). The summed E-state index contributed by atoms with van der Waals surface area (Å²) in [6.07, 6.45) is 0. The Morgan fingerprint density at radius 1 is 0.781 bits per heavy atom. The summed E-state index contributed by atoms with van der Waals surface area (Å²) in [6.45, 7) is 0.612. The van der Waals surface area contributed by atoms with Gasteiger partial charge < -0.3 is 23.4 Å². The van der Waals surface area contributed by atoms with Gasteiger partial charge in [0.05, 0.1) is 7.11 Å². The van der Waals surface area contributed by atoms with Crippen LogP contribution in [0.15, 0.2) is 88.1 Å². The largest absolute Gasteiger partial charge is 0.490 e. The summed E-state index contributed by atoms with van der Waals surface area (Å²) in [5.41, 5.74) is -0.596. The number of carbonyl (C=O) groups excluding carboxylic acids is 1. The van der Waals surface area contributed by atoms with Crippen molar-refractivity contribution in [2.24, 2.45) is 0 Å². The van der Waals surface area contributed by atoms with E-state index in [0.29, 0.717) is 34.8 Å². The molecule has 32 heavy (non-hydrogen) atoms. The lowest BCUT2D eigenvalue weighted by molar-refractivity contribution is 0.0596. The lowest BCUT2D eigenvalue weighted by Gasteiger charge is -2.10. The number of para-hydroxylation sites is 1. The smallest absolute Gasteiger partial charge is 0.351 e. The monoisotopic (exact) mass is 432 g/mol. The number of fused-ring (bicyclic) bond motifs is 1. The van der Waals surface area contributed by atoms with Crippen LogP contribution in [0.1, 0.15) is 10.4 Å². The summed E-state index contributed by atoms with van der Waals surface area (Å²) in [6, 6.07) is 23.3. The van der Waals surface area contributed by atoms with E-state index in [1.54, 1.807) is 18.2 Å². The average Bonchev–Trinajstić information content (AvgIpc) is 2.82. The first kappa shape index (κ1) is 21.0. The van der Waals surface area contributed by atoms with Crippen molar-refractivity contribution in [3.05, 3.63) is 94.8 Å². The summed E-state index contributed by atoms with van der Waals surface area (Å²) in [5, 5.41) is 0.589. The highest BCUT2D eigenvalue weighted by Crippen LogP contribution is 2.24. The zero-order valence-corrected chi connectivity index (χ0v) is 17.3. The number of carbonyl (C=O) groups is 1. The SMILES string of the molecule is COC(=O)c1cc2ccc(OCCOc3ccc(Oc4ccccc4)cc3)cc2oc1=O. The third kappa shape index (κ3) is 5.07. The fourth-order valence-electron chi connectivity index (χ4n) is 2.98. The maximum Gasteiger partial charge on any atom is 0.351 e. The minimum atomic E-state index is -0.760. The van der Waals surface area contributed by atoms with E-state index in [4.69, 9.17) is 18.6 Å². The number of rotatable bonds is 8. The quantitative estimate of drug-likeness (QED) is 0.224. The van der Waals surface area contributed by atoms with Gasteiger partial charge in [0.2, 0.25) is 0 Å². The number of benzene rings is 3. The number of hydrogen-bond acceptors (Lipinski definition) is 7. The van der Waals surface area contributed by atoms with Crippen LogP contribution in [0.5, 0.6) is 23.0 Å². The average molecular weight is 432 g/mol. The maximum atomic E-state index is 12.0. The van der Waals surface area contributed by atoms with Gasteiger partial charge >= 0.3 is 11.6 Å². The van der Waals surface area contributed by atoms with Gasteiger partial charge in [-0.05, 0) is 54.6 Å². The fourth-order valence-corrected chi connectivity index (χ4v) is 2.98. The summed E-state index contributed by atoms with van der Waals surface area (Å²) < 4.78 is 26.9. The lowest BCUT2D eigenvalue weighted by Crippen LogP contribution is -2.15. The van der Waals surface area contributed by atoms with Crippen molar-refractivity contribution >= 4 is 16.9 Å². The predicted octanol–water partition coefficient (Wildman–Crippen LogP) is 4.83. The van der Waals surface area contributed by atoms with Crippen LogP contribution in [0.4, 0.5) is 0 Å². The Morgan fingerprint density at radius 3 is 2.12 bits per heavy atom. The van der Waals surface area contributed by atoms with E-state index in [-0.39, 0.29) is 12.2 Å². The van der Waals surface area contributed by atoms with E-state index in [1.807, 2.05) is 54.6 Å². The lowest BCUT2D eigenvalue weighted by atomic mass is 10.2. The van der Waals surface area contributed by atoms with E-state index in [2.05, 4.69) is 4.74 Å². The van der Waals surface area contributed by atoms with E-state index >= 15 is 0 Å². The molecule has 0 unspecified atom stereocenters. The third-order valence-corrected chi connectivity index (χ3v) is 4.54. The van der Waals surface area contributed by atoms with Crippen molar-refractivity contribution in [3.8, 4) is 23.0 Å². The first-order chi connectivity index (χ1) is 15.6. The van der Waals surface area contributed by atoms with Gasteiger partial charge in [-0.25, -0.2) is 9.59 Å². The molecule has 0 aliphatic heterocycles. The molecule has 1 heterocycles. The van der Waals surface area contributed by atoms with Crippen LogP contribution in [-0.4, -0.2) is 26.3 Å². The molecule has 0 bridgehead atoms. The van der Waals surface area contributed by atoms with Crippen LogP contribution in [0.3, 0.4) is 0 Å². The van der Waals surface area contributed by atoms with Crippen molar-refractivity contribution in [1.82, 2.24) is 0 Å². The Hall–Kier alpha value is -4.26. The van der Waals surface area contributed by atoms with Crippen LogP contribution < -0.4 is 19.8 Å². The van der Waals surface area contributed by atoms with Gasteiger partial charge in [-0.15, -0.1) is 0 Å². The highest BCUT2D eigenvalue weighted by molar-refractivity contribution is 5.92. The minimum absolute atomic E-state index is 0.151. The van der Waals surface area contributed by atoms with Gasteiger partial charge in [-0.3, -0.25) is 0 Å². The van der Waals surface area contributed by atoms with Crippen molar-refractivity contribution < 1.29 is 28.2 Å². The molecule has 0 radical (unpaired) electrons. The zero-order valence-electron chi connectivity index (χ0n) is 17.3. The molecule has 0 amide bonds. The Kier molecular flexibility index (Phi) is 6.36. The molecule has 7 heteroatoms. The van der Waals surface area contributed by atoms with Gasteiger partial charge in [0.15, 0.2) is 0 Å². The molecule has 0 N–H and O–H groups in total. The van der Waals surface area contributed by atoms with Gasteiger partial charge in [0.1, 0.15) is 47.4 Å². The Balaban J connectivity index is 1.30. The predicted molar refractivity (Wildman–Crippen MR) is 118 cm³/mol. The molecule has 0 atom stereocenters. The molecule has 0 aliphatic carbocycles. The Bertz CT molecular complexity index is 1260. The number of ether oxygens (including phenoxy) is 4. The molecule has 4 aromatic rings. The van der Waals surface area contributed by atoms with Crippen molar-refractivity contribution in [2.45, 2.75) is 0 Å². The van der Waals surface area contributed by atoms with Crippen LogP contribution in [0.25, 0.3) is 11.0 Å². The summed E-state index contributed by atoms with van der Waals surface area (Å²) in [4.78, 5) is 23.6. The van der Waals surface area contributed by atoms with E-state index in [9.17, 15) is 9.59 Å². The van der Waals surface area contributed by atoms with Crippen LogP contribution in [0, 0.1) is 0 Å². The standard InChI is InChI=1S/C25H20O7/c1-28-24(26)22-15-17-7-8-21(16-23(17)32-25(22)27)30-14-13-29-18-9-11-20(12-10-18)31-19-5-3-2-4-6-19/h2-12,15-16H,13-14H2,1H3. The number of hydrogen-bond donors (Lipinski definition) is 0. The van der Waals surface area contributed by atoms with Crippen molar-refractivity contribution in [1.29, 1.82) is 0 Å². The molecule has 0 spiro atoms. The van der Waals surface area contributed by atoms with E-state index in [0.717, 1.165) is 5.75 Å². The van der Waals surface area contributed by atoms with Gasteiger partial charge in [0, 0.05) is 11.5 Å². The zero-order chi connectivity index (χ0) is 22.3. The second-order valence-corrected chi connectivity index (χ2v) is 6.72. The van der Waals surface area contributed by atoms with Gasteiger partial charge in [0.25, 0.3) is 0 Å².